The zero-order valence-corrected chi connectivity index (χ0v) is 25.0. The summed E-state index contributed by atoms with van der Waals surface area (Å²) >= 11 is 0. The van der Waals surface area contributed by atoms with Crippen LogP contribution in [0.15, 0.2) is 60.7 Å². The SMILES string of the molecule is CCOC(C)C(NC(=O)C(C)NC)C(=O)N1CCC2C1C(OC(=O)Nc1ccccc1)CN2C(=O)OCc1ccccc1. The summed E-state index contributed by atoms with van der Waals surface area (Å²) in [7, 11) is 1.66. The first kappa shape index (κ1) is 31.8. The number of ether oxygens (including phenoxy) is 3. The number of nitrogens with one attached hydrogen (secondary N) is 3. The van der Waals surface area contributed by atoms with Crippen molar-refractivity contribution in [3.05, 3.63) is 66.2 Å². The third kappa shape index (κ3) is 7.82. The normalized spacial score (nSPS) is 21.3. The summed E-state index contributed by atoms with van der Waals surface area (Å²) in [6, 6.07) is 15.6. The van der Waals surface area contributed by atoms with E-state index < -0.39 is 48.6 Å². The summed E-state index contributed by atoms with van der Waals surface area (Å²) in [6.07, 6.45) is -2.27. The standard InChI is InChI=1S/C31H41N5O7/c1-5-41-21(3)26(34-28(37)20(2)32-4)29(38)35-17-16-24-27(35)25(43-30(39)33-23-14-10-7-11-15-23)18-36(24)31(40)42-19-22-12-8-6-9-13-22/h6-15,20-21,24-27,32H,5,16-19H2,1-4H3,(H,33,39)(H,34,37). The monoisotopic (exact) mass is 595 g/mol. The summed E-state index contributed by atoms with van der Waals surface area (Å²) in [4.78, 5) is 56.3. The lowest BCUT2D eigenvalue weighted by atomic mass is 10.1. The van der Waals surface area contributed by atoms with Gasteiger partial charge in [0, 0.05) is 18.8 Å². The fraction of sp³-hybridized carbons (Fsp3) is 0.484. The molecule has 2 aliphatic rings. The van der Waals surface area contributed by atoms with Crippen LogP contribution < -0.4 is 16.0 Å². The molecule has 2 fully saturated rings. The van der Waals surface area contributed by atoms with Crippen molar-refractivity contribution in [1.29, 1.82) is 0 Å². The maximum Gasteiger partial charge on any atom is 0.412 e. The van der Waals surface area contributed by atoms with Gasteiger partial charge in [0.25, 0.3) is 0 Å². The van der Waals surface area contributed by atoms with E-state index in [1.807, 2.05) is 43.3 Å². The highest BCUT2D eigenvalue weighted by atomic mass is 16.6. The molecule has 4 rings (SSSR count). The van der Waals surface area contributed by atoms with Crippen molar-refractivity contribution in [1.82, 2.24) is 20.4 Å². The van der Waals surface area contributed by atoms with Crippen LogP contribution in [0.1, 0.15) is 32.8 Å². The summed E-state index contributed by atoms with van der Waals surface area (Å²) < 4.78 is 17.2. The van der Waals surface area contributed by atoms with Crippen LogP contribution in [0.3, 0.4) is 0 Å². The predicted octanol–water partition coefficient (Wildman–Crippen LogP) is 2.74. The highest BCUT2D eigenvalue weighted by molar-refractivity contribution is 5.91. The quantitative estimate of drug-likeness (QED) is 0.361. The lowest BCUT2D eigenvalue weighted by molar-refractivity contribution is -0.143. The molecule has 6 unspecified atom stereocenters. The molecule has 232 valence electrons. The van der Waals surface area contributed by atoms with Crippen LogP contribution in [-0.2, 0) is 30.4 Å². The molecule has 2 aromatic rings. The molecule has 0 radical (unpaired) electrons. The Kier molecular flexibility index (Phi) is 11.0. The fourth-order valence-electron chi connectivity index (χ4n) is 5.53. The van der Waals surface area contributed by atoms with Gasteiger partial charge in [-0.05, 0) is 51.9 Å². The zero-order chi connectivity index (χ0) is 30.9. The number of amides is 4. The lowest BCUT2D eigenvalue weighted by Gasteiger charge is -2.33. The smallest absolute Gasteiger partial charge is 0.412 e. The Labute approximate surface area is 252 Å². The van der Waals surface area contributed by atoms with Crippen molar-refractivity contribution in [2.45, 2.75) is 70.2 Å². The van der Waals surface area contributed by atoms with E-state index in [4.69, 9.17) is 14.2 Å². The molecule has 2 heterocycles. The van der Waals surface area contributed by atoms with E-state index in [1.54, 1.807) is 50.1 Å². The van der Waals surface area contributed by atoms with Gasteiger partial charge in [0.2, 0.25) is 11.8 Å². The molecule has 4 amide bonds. The summed E-state index contributed by atoms with van der Waals surface area (Å²) in [5.74, 6) is -0.725. The van der Waals surface area contributed by atoms with Crippen LogP contribution >= 0.6 is 0 Å². The topological polar surface area (TPSA) is 139 Å². The Balaban J connectivity index is 1.55. The molecule has 12 heteroatoms. The van der Waals surface area contributed by atoms with Gasteiger partial charge in [-0.15, -0.1) is 0 Å². The largest absolute Gasteiger partial charge is 0.445 e. The van der Waals surface area contributed by atoms with Crippen molar-refractivity contribution < 1.29 is 33.4 Å². The number of carbonyl (C=O) groups is 4. The highest BCUT2D eigenvalue weighted by Crippen LogP contribution is 2.35. The third-order valence-corrected chi connectivity index (χ3v) is 7.87. The number of carbonyl (C=O) groups excluding carboxylic acids is 4. The van der Waals surface area contributed by atoms with Gasteiger partial charge >= 0.3 is 12.2 Å². The highest BCUT2D eigenvalue weighted by Gasteiger charge is 2.55. The summed E-state index contributed by atoms with van der Waals surface area (Å²) in [6.45, 7) is 6.01. The first-order valence-corrected chi connectivity index (χ1v) is 14.6. The fourth-order valence-corrected chi connectivity index (χ4v) is 5.53. The predicted molar refractivity (Wildman–Crippen MR) is 159 cm³/mol. The number of likely N-dealkylation sites (N-methyl/N-ethyl adjacent to an activating group) is 1. The second kappa shape index (κ2) is 14.8. The molecular formula is C31H41N5O7. The number of rotatable bonds is 11. The average molecular weight is 596 g/mol. The Morgan fingerprint density at radius 3 is 2.30 bits per heavy atom. The molecule has 0 aromatic heterocycles. The number of hydrogen-bond acceptors (Lipinski definition) is 8. The van der Waals surface area contributed by atoms with Gasteiger partial charge in [0.15, 0.2) is 0 Å². The molecule has 3 N–H and O–H groups in total. The minimum Gasteiger partial charge on any atom is -0.445 e. The van der Waals surface area contributed by atoms with Crippen LogP contribution in [0.5, 0.6) is 0 Å². The molecule has 2 aromatic carbocycles. The Bertz CT molecular complexity index is 1250. The van der Waals surface area contributed by atoms with Gasteiger partial charge in [0.1, 0.15) is 18.8 Å². The number of fused-ring (bicyclic) bond motifs is 1. The van der Waals surface area contributed by atoms with Gasteiger partial charge in [-0.3, -0.25) is 19.8 Å². The molecule has 6 atom stereocenters. The third-order valence-electron chi connectivity index (χ3n) is 7.87. The maximum atomic E-state index is 14.1. The molecule has 0 saturated carbocycles. The van der Waals surface area contributed by atoms with Crippen LogP contribution in [0.4, 0.5) is 15.3 Å². The lowest BCUT2D eigenvalue weighted by Crippen LogP contribution is -2.59. The van der Waals surface area contributed by atoms with Crippen LogP contribution in [0, 0.1) is 0 Å². The van der Waals surface area contributed by atoms with Gasteiger partial charge < -0.3 is 29.7 Å². The first-order valence-electron chi connectivity index (χ1n) is 14.6. The van der Waals surface area contributed by atoms with Gasteiger partial charge in [-0.2, -0.15) is 0 Å². The minimum atomic E-state index is -0.986. The van der Waals surface area contributed by atoms with Crippen molar-refractivity contribution in [2.75, 3.05) is 32.1 Å². The number of likely N-dealkylation sites (tertiary alicyclic amines) is 2. The first-order chi connectivity index (χ1) is 20.7. The van der Waals surface area contributed by atoms with E-state index >= 15 is 0 Å². The molecule has 2 aliphatic heterocycles. The van der Waals surface area contributed by atoms with Crippen molar-refractivity contribution in [2.24, 2.45) is 0 Å². The molecule has 0 bridgehead atoms. The Morgan fingerprint density at radius 2 is 1.65 bits per heavy atom. The Morgan fingerprint density at radius 1 is 0.977 bits per heavy atom. The Hall–Kier alpha value is -4.16. The number of benzene rings is 2. The zero-order valence-electron chi connectivity index (χ0n) is 25.0. The molecule has 43 heavy (non-hydrogen) atoms. The van der Waals surface area contributed by atoms with Gasteiger partial charge in [-0.1, -0.05) is 48.5 Å². The summed E-state index contributed by atoms with van der Waals surface area (Å²) in [5.41, 5.74) is 1.39. The van der Waals surface area contributed by atoms with E-state index in [9.17, 15) is 19.2 Å². The van der Waals surface area contributed by atoms with Crippen molar-refractivity contribution in [3.63, 3.8) is 0 Å². The van der Waals surface area contributed by atoms with Crippen LogP contribution in [0.25, 0.3) is 0 Å². The second-order valence-corrected chi connectivity index (χ2v) is 10.7. The van der Waals surface area contributed by atoms with Gasteiger partial charge in [-0.25, -0.2) is 9.59 Å². The van der Waals surface area contributed by atoms with Crippen molar-refractivity contribution >= 4 is 29.7 Å². The van der Waals surface area contributed by atoms with Gasteiger partial charge in [0.05, 0.1) is 30.8 Å². The maximum absolute atomic E-state index is 14.1. The molecule has 0 spiro atoms. The molecule has 12 nitrogen and oxygen atoms in total. The molecule has 2 saturated heterocycles. The average Bonchev–Trinajstić information content (AvgIpc) is 3.60. The van der Waals surface area contributed by atoms with Crippen LogP contribution in [-0.4, -0.2) is 96.9 Å². The minimum absolute atomic E-state index is 0.0454. The van der Waals surface area contributed by atoms with E-state index in [1.165, 1.54) is 4.90 Å². The molecular weight excluding hydrogens is 554 g/mol. The van der Waals surface area contributed by atoms with E-state index in [0.717, 1.165) is 5.56 Å². The number of hydrogen-bond donors (Lipinski definition) is 3. The second-order valence-electron chi connectivity index (χ2n) is 10.7. The van der Waals surface area contributed by atoms with Crippen LogP contribution in [0.2, 0.25) is 0 Å². The summed E-state index contributed by atoms with van der Waals surface area (Å²) in [5, 5.41) is 8.41. The number of para-hydroxylation sites is 1. The van der Waals surface area contributed by atoms with E-state index in [0.29, 0.717) is 25.3 Å². The number of nitrogens with zero attached hydrogens (tertiary/aromatic N) is 2. The molecule has 0 aliphatic carbocycles. The van der Waals surface area contributed by atoms with Crippen molar-refractivity contribution in [3.8, 4) is 0 Å². The van der Waals surface area contributed by atoms with E-state index in [-0.39, 0.29) is 25.0 Å². The van der Waals surface area contributed by atoms with E-state index in [2.05, 4.69) is 16.0 Å². The number of anilines is 1.